The highest BCUT2D eigenvalue weighted by Crippen LogP contribution is 2.20. The monoisotopic (exact) mass is 223 g/mol. The van der Waals surface area contributed by atoms with E-state index in [0.29, 0.717) is 0 Å². The van der Waals surface area contributed by atoms with Crippen LogP contribution in [0.4, 0.5) is 4.39 Å². The Hall–Kier alpha value is -1.33. The third-order valence-electron chi connectivity index (χ3n) is 2.16. The summed E-state index contributed by atoms with van der Waals surface area (Å²) < 4.78 is 16.6. The zero-order chi connectivity index (χ0) is 10.7. The van der Waals surface area contributed by atoms with E-state index < -0.39 is 0 Å². The van der Waals surface area contributed by atoms with E-state index in [-0.39, 0.29) is 11.9 Å². The molecule has 0 radical (unpaired) electrons. The molecule has 0 fully saturated rings. The lowest BCUT2D eigenvalue weighted by molar-refractivity contribution is 0.621. The van der Waals surface area contributed by atoms with E-state index in [9.17, 15) is 4.39 Å². The summed E-state index contributed by atoms with van der Waals surface area (Å²) >= 11 is 1.31. The van der Waals surface area contributed by atoms with E-state index >= 15 is 0 Å². The predicted molar refractivity (Wildman–Crippen MR) is 57.2 cm³/mol. The fraction of sp³-hybridized carbons (Fsp3) is 0.200. The van der Waals surface area contributed by atoms with Crippen molar-refractivity contribution in [1.82, 2.24) is 14.9 Å². The van der Waals surface area contributed by atoms with Crippen LogP contribution in [0.2, 0.25) is 0 Å². The maximum absolute atomic E-state index is 12.8. The lowest BCUT2D eigenvalue weighted by Gasteiger charge is -2.13. The van der Waals surface area contributed by atoms with Crippen LogP contribution in [-0.4, -0.2) is 16.6 Å². The number of hydrogen-bond acceptors (Lipinski definition) is 4. The SMILES string of the molecule is CNC(c1ccc(F)cc1)c1csnn1. The van der Waals surface area contributed by atoms with Crippen molar-refractivity contribution in [2.24, 2.45) is 0 Å². The third kappa shape index (κ3) is 2.19. The first-order chi connectivity index (χ1) is 7.31. The second kappa shape index (κ2) is 4.46. The van der Waals surface area contributed by atoms with Gasteiger partial charge in [0.2, 0.25) is 0 Å². The van der Waals surface area contributed by atoms with Crippen molar-refractivity contribution in [2.75, 3.05) is 7.05 Å². The molecule has 2 aromatic rings. The van der Waals surface area contributed by atoms with E-state index in [2.05, 4.69) is 14.9 Å². The number of aromatic nitrogens is 2. The molecule has 3 nitrogen and oxygen atoms in total. The lowest BCUT2D eigenvalue weighted by Crippen LogP contribution is -2.18. The smallest absolute Gasteiger partial charge is 0.123 e. The van der Waals surface area contributed by atoms with Gasteiger partial charge in [0.05, 0.1) is 11.7 Å². The Morgan fingerprint density at radius 2 is 2.07 bits per heavy atom. The van der Waals surface area contributed by atoms with E-state index in [1.165, 1.54) is 23.7 Å². The Kier molecular flexibility index (Phi) is 3.03. The zero-order valence-corrected chi connectivity index (χ0v) is 8.96. The van der Waals surface area contributed by atoms with Crippen molar-refractivity contribution in [3.8, 4) is 0 Å². The summed E-state index contributed by atoms with van der Waals surface area (Å²) in [6.07, 6.45) is 0. The van der Waals surface area contributed by atoms with Crippen LogP contribution in [0.25, 0.3) is 0 Å². The molecule has 0 aliphatic carbocycles. The van der Waals surface area contributed by atoms with E-state index in [0.717, 1.165) is 11.3 Å². The van der Waals surface area contributed by atoms with Crippen LogP contribution in [0.1, 0.15) is 17.3 Å². The minimum Gasteiger partial charge on any atom is -0.308 e. The Morgan fingerprint density at radius 3 is 2.60 bits per heavy atom. The highest BCUT2D eigenvalue weighted by molar-refractivity contribution is 7.03. The molecule has 0 aliphatic rings. The van der Waals surface area contributed by atoms with Crippen molar-refractivity contribution in [2.45, 2.75) is 6.04 Å². The van der Waals surface area contributed by atoms with Crippen LogP contribution < -0.4 is 5.32 Å². The summed E-state index contributed by atoms with van der Waals surface area (Å²) in [7, 11) is 1.84. The van der Waals surface area contributed by atoms with Crippen LogP contribution in [-0.2, 0) is 0 Å². The Morgan fingerprint density at radius 1 is 1.33 bits per heavy atom. The molecule has 0 saturated heterocycles. The molecule has 0 bridgehead atoms. The van der Waals surface area contributed by atoms with Crippen LogP contribution in [0.5, 0.6) is 0 Å². The van der Waals surface area contributed by atoms with Gasteiger partial charge in [-0.15, -0.1) is 5.10 Å². The first kappa shape index (κ1) is 10.2. The van der Waals surface area contributed by atoms with E-state index in [1.807, 2.05) is 12.4 Å². The van der Waals surface area contributed by atoms with Crippen LogP contribution in [0.15, 0.2) is 29.6 Å². The van der Waals surface area contributed by atoms with Crippen LogP contribution in [0.3, 0.4) is 0 Å². The number of nitrogens with zero attached hydrogens (tertiary/aromatic N) is 2. The van der Waals surface area contributed by atoms with Gasteiger partial charge in [-0.05, 0) is 36.3 Å². The molecule has 0 spiro atoms. The minimum atomic E-state index is -0.231. The van der Waals surface area contributed by atoms with Gasteiger partial charge < -0.3 is 5.32 Å². The number of benzene rings is 1. The van der Waals surface area contributed by atoms with Crippen molar-refractivity contribution in [3.05, 3.63) is 46.7 Å². The summed E-state index contributed by atoms with van der Waals surface area (Å²) in [4.78, 5) is 0. The minimum absolute atomic E-state index is 0.0238. The molecule has 0 saturated carbocycles. The molecule has 0 aliphatic heterocycles. The summed E-state index contributed by atoms with van der Waals surface area (Å²) in [6, 6.07) is 6.36. The maximum Gasteiger partial charge on any atom is 0.123 e. The molecule has 1 unspecified atom stereocenters. The van der Waals surface area contributed by atoms with Gasteiger partial charge in [0.1, 0.15) is 5.82 Å². The molecule has 1 N–H and O–H groups in total. The quantitative estimate of drug-likeness (QED) is 0.864. The van der Waals surface area contributed by atoms with Crippen molar-refractivity contribution < 1.29 is 4.39 Å². The summed E-state index contributed by atoms with van der Waals surface area (Å²) in [6.45, 7) is 0. The molecule has 78 valence electrons. The van der Waals surface area contributed by atoms with Gasteiger partial charge in [-0.2, -0.15) is 0 Å². The molecular weight excluding hydrogens is 213 g/mol. The molecule has 1 aromatic carbocycles. The van der Waals surface area contributed by atoms with Crippen LogP contribution in [0, 0.1) is 5.82 Å². The van der Waals surface area contributed by atoms with E-state index in [1.54, 1.807) is 12.1 Å². The first-order valence-electron chi connectivity index (χ1n) is 4.51. The first-order valence-corrected chi connectivity index (χ1v) is 5.34. The third-order valence-corrected chi connectivity index (χ3v) is 2.69. The molecule has 1 heterocycles. The van der Waals surface area contributed by atoms with Gasteiger partial charge in [-0.3, -0.25) is 0 Å². The van der Waals surface area contributed by atoms with Gasteiger partial charge in [0, 0.05) is 5.38 Å². The Bertz CT molecular complexity index is 413. The molecule has 5 heteroatoms. The normalized spacial score (nSPS) is 12.7. The average molecular weight is 223 g/mol. The molecule has 1 aromatic heterocycles. The van der Waals surface area contributed by atoms with Crippen LogP contribution >= 0.6 is 11.5 Å². The van der Waals surface area contributed by atoms with Gasteiger partial charge in [0.25, 0.3) is 0 Å². The van der Waals surface area contributed by atoms with Crippen molar-refractivity contribution >= 4 is 11.5 Å². The second-order valence-electron chi connectivity index (χ2n) is 3.10. The van der Waals surface area contributed by atoms with Gasteiger partial charge >= 0.3 is 0 Å². The average Bonchev–Trinajstić information content (AvgIpc) is 2.75. The largest absolute Gasteiger partial charge is 0.308 e. The fourth-order valence-electron chi connectivity index (χ4n) is 1.44. The maximum atomic E-state index is 12.8. The lowest BCUT2D eigenvalue weighted by atomic mass is 10.1. The molecule has 2 rings (SSSR count). The number of nitrogens with one attached hydrogen (secondary N) is 1. The molecule has 1 atom stereocenters. The van der Waals surface area contributed by atoms with Gasteiger partial charge in [-0.25, -0.2) is 4.39 Å². The van der Waals surface area contributed by atoms with E-state index in [4.69, 9.17) is 0 Å². The summed E-state index contributed by atoms with van der Waals surface area (Å²) in [5.74, 6) is -0.231. The number of hydrogen-bond donors (Lipinski definition) is 1. The van der Waals surface area contributed by atoms with Gasteiger partial charge in [0.15, 0.2) is 0 Å². The summed E-state index contributed by atoms with van der Waals surface area (Å²) in [5.41, 5.74) is 1.83. The second-order valence-corrected chi connectivity index (χ2v) is 3.71. The summed E-state index contributed by atoms with van der Waals surface area (Å²) in [5, 5.41) is 9.00. The Balaban J connectivity index is 2.31. The molecule has 15 heavy (non-hydrogen) atoms. The van der Waals surface area contributed by atoms with Gasteiger partial charge in [-0.1, -0.05) is 16.6 Å². The van der Waals surface area contributed by atoms with Crippen molar-refractivity contribution in [1.29, 1.82) is 0 Å². The highest BCUT2D eigenvalue weighted by Gasteiger charge is 2.14. The predicted octanol–water partition coefficient (Wildman–Crippen LogP) is 1.99. The highest BCUT2D eigenvalue weighted by atomic mass is 32.1. The molecular formula is C10H10FN3S. The number of rotatable bonds is 3. The Labute approximate surface area is 91.1 Å². The topological polar surface area (TPSA) is 37.8 Å². The zero-order valence-electron chi connectivity index (χ0n) is 8.14. The number of halogens is 1. The molecule has 0 amide bonds. The standard InChI is InChI=1S/C10H10FN3S/c1-12-10(9-6-15-14-13-9)7-2-4-8(11)5-3-7/h2-6,10,12H,1H3. The fourth-order valence-corrected chi connectivity index (χ4v) is 1.92. The van der Waals surface area contributed by atoms with Crippen molar-refractivity contribution in [3.63, 3.8) is 0 Å².